The molecule has 0 N–H and O–H groups in total. The van der Waals surface area contributed by atoms with Crippen LogP contribution in [0.15, 0.2) is 60.9 Å². The first kappa shape index (κ1) is 18.1. The van der Waals surface area contributed by atoms with Crippen molar-refractivity contribution in [3.63, 3.8) is 0 Å². The van der Waals surface area contributed by atoms with E-state index in [9.17, 15) is 9.59 Å². The van der Waals surface area contributed by atoms with Gasteiger partial charge in [-0.25, -0.2) is 4.98 Å². The van der Waals surface area contributed by atoms with Gasteiger partial charge in [0, 0.05) is 12.2 Å². The van der Waals surface area contributed by atoms with Gasteiger partial charge in [0.1, 0.15) is 6.54 Å². The Labute approximate surface area is 156 Å². The molecule has 2 aromatic carbocycles. The van der Waals surface area contributed by atoms with E-state index in [-0.39, 0.29) is 32.0 Å². The molecule has 7 heteroatoms. The summed E-state index contributed by atoms with van der Waals surface area (Å²) in [5, 5.41) is 8.81. The number of amides is 1. The second kappa shape index (κ2) is 8.63. The second-order valence-corrected chi connectivity index (χ2v) is 5.81. The molecule has 3 rings (SSSR count). The molecule has 0 bridgehead atoms. The molecule has 1 heterocycles. The smallest absolute Gasteiger partial charge is 0.326 e. The quantitative estimate of drug-likeness (QED) is 0.603. The number of carbonyl (C=O) groups excluding carboxylic acids is 2. The third-order valence-corrected chi connectivity index (χ3v) is 4.00. The predicted molar refractivity (Wildman–Crippen MR) is 99.7 cm³/mol. The number of aromatic nitrogens is 2. The lowest BCUT2D eigenvalue weighted by atomic mass is 10.2. The van der Waals surface area contributed by atoms with E-state index < -0.39 is 5.97 Å². The Morgan fingerprint density at radius 3 is 2.63 bits per heavy atom. The van der Waals surface area contributed by atoms with E-state index in [0.717, 1.165) is 11.0 Å². The van der Waals surface area contributed by atoms with E-state index in [4.69, 9.17) is 10.00 Å². The van der Waals surface area contributed by atoms with E-state index in [1.807, 2.05) is 36.4 Å². The largest absolute Gasteiger partial charge is 0.454 e. The average molecular weight is 362 g/mol. The van der Waals surface area contributed by atoms with Crippen LogP contribution < -0.4 is 4.90 Å². The summed E-state index contributed by atoms with van der Waals surface area (Å²) in [5.41, 5.74) is 2.27. The summed E-state index contributed by atoms with van der Waals surface area (Å²) in [6.45, 7) is -0.174. The van der Waals surface area contributed by atoms with Crippen LogP contribution in [0.4, 0.5) is 5.69 Å². The number of ether oxygens (including phenoxy) is 1. The molecule has 1 amide bonds. The Hall–Kier alpha value is -3.66. The minimum Gasteiger partial charge on any atom is -0.454 e. The third-order valence-electron chi connectivity index (χ3n) is 4.00. The van der Waals surface area contributed by atoms with Crippen molar-refractivity contribution in [2.24, 2.45) is 0 Å². The van der Waals surface area contributed by atoms with Crippen LogP contribution in [-0.2, 0) is 20.9 Å². The van der Waals surface area contributed by atoms with Crippen LogP contribution in [-0.4, -0.2) is 34.6 Å². The minimum absolute atomic E-state index is 0.0304. The van der Waals surface area contributed by atoms with E-state index in [1.165, 1.54) is 4.90 Å². The van der Waals surface area contributed by atoms with Gasteiger partial charge in [-0.1, -0.05) is 30.3 Å². The van der Waals surface area contributed by atoms with Gasteiger partial charge in [0.05, 0.1) is 29.9 Å². The number of carbonyl (C=O) groups is 2. The van der Waals surface area contributed by atoms with Crippen LogP contribution in [0.3, 0.4) is 0 Å². The van der Waals surface area contributed by atoms with Crippen molar-refractivity contribution in [1.82, 2.24) is 9.55 Å². The number of fused-ring (bicyclic) bond motifs is 1. The number of anilines is 1. The first-order valence-corrected chi connectivity index (χ1v) is 8.47. The molecule has 0 aliphatic heterocycles. The van der Waals surface area contributed by atoms with Crippen LogP contribution in [0.5, 0.6) is 0 Å². The number of benzene rings is 2. The van der Waals surface area contributed by atoms with Crippen molar-refractivity contribution in [1.29, 1.82) is 5.26 Å². The van der Waals surface area contributed by atoms with Gasteiger partial charge in [-0.3, -0.25) is 9.59 Å². The highest BCUT2D eigenvalue weighted by molar-refractivity contribution is 5.95. The summed E-state index contributed by atoms with van der Waals surface area (Å²) >= 11 is 0. The van der Waals surface area contributed by atoms with Crippen molar-refractivity contribution in [3.05, 3.63) is 60.9 Å². The van der Waals surface area contributed by atoms with Crippen molar-refractivity contribution in [2.45, 2.75) is 13.0 Å². The number of imidazole rings is 1. The number of nitrogens with zero attached hydrogens (tertiary/aromatic N) is 4. The maximum atomic E-state index is 12.5. The summed E-state index contributed by atoms with van der Waals surface area (Å²) in [6, 6.07) is 18.5. The standard InChI is InChI=1S/C20H18N4O3/c21-11-6-12-24(16-7-2-1-3-8-16)19(25)14-27-20(26)13-23-15-22-17-9-4-5-10-18(17)23/h1-5,7-10,15H,6,12-14H2. The Morgan fingerprint density at radius 2 is 1.85 bits per heavy atom. The fraction of sp³-hybridized carbons (Fsp3) is 0.200. The molecule has 0 fully saturated rings. The normalized spacial score (nSPS) is 10.3. The molecule has 1 aromatic heterocycles. The summed E-state index contributed by atoms with van der Waals surface area (Å²) in [6.07, 6.45) is 1.76. The van der Waals surface area contributed by atoms with Gasteiger partial charge < -0.3 is 14.2 Å². The summed E-state index contributed by atoms with van der Waals surface area (Å²) in [7, 11) is 0. The molecule has 27 heavy (non-hydrogen) atoms. The molecular weight excluding hydrogens is 344 g/mol. The molecule has 3 aromatic rings. The average Bonchev–Trinajstić information content (AvgIpc) is 3.10. The van der Waals surface area contributed by atoms with E-state index >= 15 is 0 Å². The van der Waals surface area contributed by atoms with E-state index in [0.29, 0.717) is 5.69 Å². The van der Waals surface area contributed by atoms with Gasteiger partial charge in [0.2, 0.25) is 0 Å². The molecule has 0 saturated carbocycles. The Kier molecular flexibility index (Phi) is 5.80. The lowest BCUT2D eigenvalue weighted by Crippen LogP contribution is -2.35. The number of nitriles is 1. The number of rotatable bonds is 7. The summed E-state index contributed by atoms with van der Waals surface area (Å²) in [4.78, 5) is 30.3. The highest BCUT2D eigenvalue weighted by atomic mass is 16.5. The zero-order chi connectivity index (χ0) is 19.1. The SMILES string of the molecule is N#CCCN(C(=O)COC(=O)Cn1cnc2ccccc21)c1ccccc1. The Morgan fingerprint density at radius 1 is 1.11 bits per heavy atom. The lowest BCUT2D eigenvalue weighted by Gasteiger charge is -2.21. The fourth-order valence-electron chi connectivity index (χ4n) is 2.71. The predicted octanol–water partition coefficient (Wildman–Crippen LogP) is 2.53. The zero-order valence-electron chi connectivity index (χ0n) is 14.6. The van der Waals surface area contributed by atoms with Crippen LogP contribution in [0.25, 0.3) is 11.0 Å². The van der Waals surface area contributed by atoms with Crippen LogP contribution >= 0.6 is 0 Å². The van der Waals surface area contributed by atoms with Gasteiger partial charge >= 0.3 is 5.97 Å². The van der Waals surface area contributed by atoms with Crippen molar-refractivity contribution in [3.8, 4) is 6.07 Å². The molecule has 0 aliphatic rings. The van der Waals surface area contributed by atoms with Crippen LogP contribution in [0.1, 0.15) is 6.42 Å². The van der Waals surface area contributed by atoms with Gasteiger partial charge in [-0.05, 0) is 24.3 Å². The highest BCUT2D eigenvalue weighted by Gasteiger charge is 2.17. The molecule has 0 saturated heterocycles. The van der Waals surface area contributed by atoms with Crippen LogP contribution in [0.2, 0.25) is 0 Å². The second-order valence-electron chi connectivity index (χ2n) is 5.81. The summed E-state index contributed by atoms with van der Waals surface area (Å²) in [5.74, 6) is -0.903. The summed E-state index contributed by atoms with van der Waals surface area (Å²) < 4.78 is 6.82. The highest BCUT2D eigenvalue weighted by Crippen LogP contribution is 2.14. The van der Waals surface area contributed by atoms with E-state index in [1.54, 1.807) is 35.2 Å². The number of hydrogen-bond donors (Lipinski definition) is 0. The van der Waals surface area contributed by atoms with Crippen molar-refractivity contribution in [2.75, 3.05) is 18.1 Å². The van der Waals surface area contributed by atoms with Crippen LogP contribution in [0, 0.1) is 11.3 Å². The minimum atomic E-state index is -0.528. The van der Waals surface area contributed by atoms with E-state index in [2.05, 4.69) is 4.98 Å². The molecule has 136 valence electrons. The maximum Gasteiger partial charge on any atom is 0.326 e. The Bertz CT molecular complexity index is 976. The van der Waals surface area contributed by atoms with Crippen molar-refractivity contribution < 1.29 is 14.3 Å². The molecule has 0 unspecified atom stereocenters. The Balaban J connectivity index is 1.61. The molecular formula is C20H18N4O3. The molecule has 0 aliphatic carbocycles. The molecule has 7 nitrogen and oxygen atoms in total. The first-order valence-electron chi connectivity index (χ1n) is 8.47. The topological polar surface area (TPSA) is 88.2 Å². The molecule has 0 spiro atoms. The number of para-hydroxylation sites is 3. The lowest BCUT2D eigenvalue weighted by molar-refractivity contribution is -0.148. The molecule has 0 radical (unpaired) electrons. The monoisotopic (exact) mass is 362 g/mol. The molecule has 0 atom stereocenters. The first-order chi connectivity index (χ1) is 13.2. The van der Waals surface area contributed by atoms with Gasteiger partial charge in [0.15, 0.2) is 6.61 Å². The fourth-order valence-corrected chi connectivity index (χ4v) is 2.71. The van der Waals surface area contributed by atoms with Gasteiger partial charge in [-0.2, -0.15) is 5.26 Å². The van der Waals surface area contributed by atoms with Gasteiger partial charge in [-0.15, -0.1) is 0 Å². The van der Waals surface area contributed by atoms with Gasteiger partial charge in [0.25, 0.3) is 5.91 Å². The zero-order valence-corrected chi connectivity index (χ0v) is 14.6. The maximum absolute atomic E-state index is 12.5. The van der Waals surface area contributed by atoms with Crippen molar-refractivity contribution >= 4 is 28.6 Å². The third kappa shape index (κ3) is 4.50. The number of hydrogen-bond acceptors (Lipinski definition) is 5. The number of esters is 1.